The number of benzene rings is 1. The van der Waals surface area contributed by atoms with E-state index >= 15 is 0 Å². The SMILES string of the molecule is N#Cc1c(N)[nH]c(=O)c(C#N)c1-c1ccc(N2CCCC2=O)cc1. The Kier molecular flexibility index (Phi) is 3.77. The van der Waals surface area contributed by atoms with Gasteiger partial charge in [0.1, 0.15) is 29.1 Å². The van der Waals surface area contributed by atoms with E-state index in [1.165, 1.54) is 0 Å². The fourth-order valence-electron chi connectivity index (χ4n) is 2.86. The molecule has 3 N–H and O–H groups in total. The van der Waals surface area contributed by atoms with Crippen LogP contribution in [0.5, 0.6) is 0 Å². The highest BCUT2D eigenvalue weighted by atomic mass is 16.2. The minimum absolute atomic E-state index is 0.0520. The summed E-state index contributed by atoms with van der Waals surface area (Å²) in [6, 6.07) is 10.6. The molecule has 0 saturated carbocycles. The van der Waals surface area contributed by atoms with Crippen molar-refractivity contribution in [2.45, 2.75) is 12.8 Å². The largest absolute Gasteiger partial charge is 0.384 e. The molecule has 1 saturated heterocycles. The predicted octanol–water partition coefficient (Wildman–Crippen LogP) is 1.49. The molecule has 1 aromatic carbocycles. The molecule has 3 rings (SSSR count). The highest BCUT2D eigenvalue weighted by Crippen LogP contribution is 2.30. The topological polar surface area (TPSA) is 127 Å². The van der Waals surface area contributed by atoms with Crippen LogP contribution in [-0.4, -0.2) is 17.4 Å². The molecule has 1 amide bonds. The lowest BCUT2D eigenvalue weighted by molar-refractivity contribution is -0.117. The second-order valence-electron chi connectivity index (χ2n) is 5.41. The molecule has 2 heterocycles. The fourth-order valence-corrected chi connectivity index (χ4v) is 2.86. The summed E-state index contributed by atoms with van der Waals surface area (Å²) in [7, 11) is 0. The third-order valence-electron chi connectivity index (χ3n) is 4.01. The van der Waals surface area contributed by atoms with E-state index in [0.717, 1.165) is 12.1 Å². The van der Waals surface area contributed by atoms with Gasteiger partial charge >= 0.3 is 0 Å². The van der Waals surface area contributed by atoms with Crippen molar-refractivity contribution in [1.29, 1.82) is 10.5 Å². The van der Waals surface area contributed by atoms with Gasteiger partial charge in [0.2, 0.25) is 5.91 Å². The quantitative estimate of drug-likeness (QED) is 0.867. The summed E-state index contributed by atoms with van der Waals surface area (Å²) in [6.45, 7) is 0.670. The highest BCUT2D eigenvalue weighted by Gasteiger charge is 2.22. The van der Waals surface area contributed by atoms with E-state index in [1.807, 2.05) is 12.1 Å². The first-order chi connectivity index (χ1) is 11.6. The molecule has 0 radical (unpaired) electrons. The normalized spacial score (nSPS) is 13.6. The maximum Gasteiger partial charge on any atom is 0.268 e. The van der Waals surface area contributed by atoms with Gasteiger partial charge in [-0.2, -0.15) is 10.5 Å². The second kappa shape index (κ2) is 5.90. The van der Waals surface area contributed by atoms with Crippen molar-refractivity contribution < 1.29 is 4.79 Å². The minimum Gasteiger partial charge on any atom is -0.384 e. The summed E-state index contributed by atoms with van der Waals surface area (Å²) in [6.07, 6.45) is 1.35. The molecular formula is C17H13N5O2. The molecule has 0 spiro atoms. The van der Waals surface area contributed by atoms with Crippen molar-refractivity contribution in [3.8, 4) is 23.3 Å². The van der Waals surface area contributed by atoms with Gasteiger partial charge in [-0.3, -0.25) is 9.59 Å². The summed E-state index contributed by atoms with van der Waals surface area (Å²) in [5.41, 5.74) is 6.43. The molecule has 1 aromatic heterocycles. The maximum atomic E-state index is 11.9. The van der Waals surface area contributed by atoms with Gasteiger partial charge in [-0.1, -0.05) is 12.1 Å². The van der Waals surface area contributed by atoms with Gasteiger partial charge in [-0.25, -0.2) is 0 Å². The summed E-state index contributed by atoms with van der Waals surface area (Å²) < 4.78 is 0. The Morgan fingerprint density at radius 2 is 1.75 bits per heavy atom. The van der Waals surface area contributed by atoms with Crippen LogP contribution >= 0.6 is 0 Å². The number of amides is 1. The summed E-state index contributed by atoms with van der Waals surface area (Å²) in [5, 5.41) is 18.6. The van der Waals surface area contributed by atoms with Crippen molar-refractivity contribution in [2.24, 2.45) is 0 Å². The number of aromatic nitrogens is 1. The van der Waals surface area contributed by atoms with Gasteiger partial charge in [0.25, 0.3) is 5.56 Å². The van der Waals surface area contributed by atoms with Crippen LogP contribution in [0.1, 0.15) is 24.0 Å². The van der Waals surface area contributed by atoms with Crippen LogP contribution in [0.4, 0.5) is 11.5 Å². The number of anilines is 2. The molecule has 0 aliphatic carbocycles. The zero-order chi connectivity index (χ0) is 17.3. The van der Waals surface area contributed by atoms with Crippen molar-refractivity contribution in [3.05, 3.63) is 45.7 Å². The standard InChI is InChI=1S/C17H13N5O2/c18-8-12-15(13(9-19)17(24)21-16(12)20)10-3-5-11(6-4-10)22-7-1-2-14(22)23/h3-6H,1-2,7H2,(H3,20,21,24). The highest BCUT2D eigenvalue weighted by molar-refractivity contribution is 5.95. The average molecular weight is 319 g/mol. The van der Waals surface area contributed by atoms with Gasteiger partial charge in [-0.05, 0) is 24.1 Å². The van der Waals surface area contributed by atoms with E-state index in [9.17, 15) is 20.1 Å². The van der Waals surface area contributed by atoms with E-state index in [1.54, 1.807) is 29.2 Å². The number of hydrogen-bond acceptors (Lipinski definition) is 5. The molecule has 7 nitrogen and oxygen atoms in total. The molecular weight excluding hydrogens is 306 g/mol. The molecule has 1 aliphatic rings. The van der Waals surface area contributed by atoms with Gasteiger partial charge in [0, 0.05) is 24.2 Å². The first kappa shape index (κ1) is 15.3. The van der Waals surface area contributed by atoms with Gasteiger partial charge in [-0.15, -0.1) is 0 Å². The number of nitriles is 2. The van der Waals surface area contributed by atoms with Crippen molar-refractivity contribution in [1.82, 2.24) is 4.98 Å². The lowest BCUT2D eigenvalue weighted by Gasteiger charge is -2.16. The van der Waals surface area contributed by atoms with Crippen LogP contribution < -0.4 is 16.2 Å². The molecule has 24 heavy (non-hydrogen) atoms. The number of nitrogens with one attached hydrogen (secondary N) is 1. The zero-order valence-corrected chi connectivity index (χ0v) is 12.7. The number of aromatic amines is 1. The van der Waals surface area contributed by atoms with Gasteiger partial charge in [0.15, 0.2) is 0 Å². The number of carbonyl (C=O) groups excluding carboxylic acids is 1. The maximum absolute atomic E-state index is 11.9. The molecule has 0 unspecified atom stereocenters. The first-order valence-electron chi connectivity index (χ1n) is 7.33. The van der Waals surface area contributed by atoms with Crippen molar-refractivity contribution in [3.63, 3.8) is 0 Å². The Hall–Kier alpha value is -3.58. The van der Waals surface area contributed by atoms with Crippen molar-refractivity contribution in [2.75, 3.05) is 17.2 Å². The average Bonchev–Trinajstić information content (AvgIpc) is 3.00. The van der Waals surface area contributed by atoms with Crippen LogP contribution in [0.25, 0.3) is 11.1 Å². The predicted molar refractivity (Wildman–Crippen MR) is 87.9 cm³/mol. The number of pyridine rings is 1. The number of nitrogens with two attached hydrogens (primary N) is 1. The van der Waals surface area contributed by atoms with E-state index in [-0.39, 0.29) is 28.4 Å². The smallest absolute Gasteiger partial charge is 0.268 e. The number of nitrogens with zero attached hydrogens (tertiary/aromatic N) is 3. The van der Waals surface area contributed by atoms with Gasteiger partial charge < -0.3 is 15.6 Å². The molecule has 0 atom stereocenters. The molecule has 1 aliphatic heterocycles. The summed E-state index contributed by atoms with van der Waals surface area (Å²) in [4.78, 5) is 27.7. The van der Waals surface area contributed by atoms with Crippen LogP contribution in [0.3, 0.4) is 0 Å². The van der Waals surface area contributed by atoms with E-state index in [0.29, 0.717) is 18.5 Å². The Morgan fingerprint density at radius 1 is 1.08 bits per heavy atom. The lowest BCUT2D eigenvalue weighted by atomic mass is 9.96. The van der Waals surface area contributed by atoms with Crippen LogP contribution in [0, 0.1) is 22.7 Å². The number of rotatable bonds is 2. The van der Waals surface area contributed by atoms with Crippen LogP contribution in [0.15, 0.2) is 29.1 Å². The number of carbonyl (C=O) groups is 1. The number of nitrogen functional groups attached to an aromatic ring is 1. The van der Waals surface area contributed by atoms with E-state index in [2.05, 4.69) is 4.98 Å². The third kappa shape index (κ3) is 2.38. The second-order valence-corrected chi connectivity index (χ2v) is 5.41. The van der Waals surface area contributed by atoms with E-state index < -0.39 is 5.56 Å². The third-order valence-corrected chi connectivity index (χ3v) is 4.01. The molecule has 7 heteroatoms. The molecule has 2 aromatic rings. The lowest BCUT2D eigenvalue weighted by Crippen LogP contribution is -2.23. The first-order valence-corrected chi connectivity index (χ1v) is 7.33. The van der Waals surface area contributed by atoms with Crippen LogP contribution in [0.2, 0.25) is 0 Å². The summed E-state index contributed by atoms with van der Waals surface area (Å²) >= 11 is 0. The molecule has 0 bridgehead atoms. The molecule has 1 fully saturated rings. The van der Waals surface area contributed by atoms with Crippen LogP contribution in [-0.2, 0) is 4.79 Å². The monoisotopic (exact) mass is 319 g/mol. The Morgan fingerprint density at radius 3 is 2.29 bits per heavy atom. The van der Waals surface area contributed by atoms with Crippen molar-refractivity contribution >= 4 is 17.4 Å². The van der Waals surface area contributed by atoms with Gasteiger partial charge in [0.05, 0.1) is 0 Å². The number of hydrogen-bond donors (Lipinski definition) is 2. The minimum atomic E-state index is -0.636. The summed E-state index contributed by atoms with van der Waals surface area (Å²) in [5.74, 6) is -0.00567. The van der Waals surface area contributed by atoms with E-state index in [4.69, 9.17) is 5.73 Å². The Bertz CT molecular complexity index is 961. The fraction of sp³-hybridized carbons (Fsp3) is 0.176. The number of H-pyrrole nitrogens is 1. The Labute approximate surface area is 137 Å². The zero-order valence-electron chi connectivity index (χ0n) is 12.7. The molecule has 118 valence electrons. The Balaban J connectivity index is 2.13.